The highest BCUT2D eigenvalue weighted by atomic mass is 35.5. The Morgan fingerprint density at radius 2 is 1.97 bits per heavy atom. The second-order valence-electron chi connectivity index (χ2n) is 6.22. The number of halogens is 4. The average Bonchev–Trinajstić information content (AvgIpc) is 2.64. The summed E-state index contributed by atoms with van der Waals surface area (Å²) < 4.78 is 38.6. The molecular weight excluding hydrogens is 409 g/mol. The number of aryl methyl sites for hydroxylation is 1. The van der Waals surface area contributed by atoms with E-state index in [2.05, 4.69) is 10.3 Å². The summed E-state index contributed by atoms with van der Waals surface area (Å²) in [6.45, 7) is -0.275. The molecule has 0 saturated heterocycles. The van der Waals surface area contributed by atoms with Crippen molar-refractivity contribution in [1.82, 2.24) is 14.9 Å². The molecule has 1 aromatic carbocycles. The van der Waals surface area contributed by atoms with Crippen LogP contribution in [0.15, 0.2) is 35.1 Å². The van der Waals surface area contributed by atoms with Crippen LogP contribution >= 0.6 is 11.6 Å². The Hall–Kier alpha value is -2.86. The van der Waals surface area contributed by atoms with Crippen LogP contribution < -0.4 is 10.9 Å². The molecule has 0 aliphatic rings. The van der Waals surface area contributed by atoms with Gasteiger partial charge >= 0.3 is 6.18 Å². The van der Waals surface area contributed by atoms with E-state index in [1.807, 2.05) is 6.07 Å². The third-order valence-electron chi connectivity index (χ3n) is 3.95. The maximum Gasteiger partial charge on any atom is 0.389 e. The topological polar surface area (TPSA) is 87.8 Å². The number of nitrogens with zero attached hydrogens (tertiary/aromatic N) is 3. The number of rotatable bonds is 8. The Bertz CT molecular complexity index is 950. The first-order valence-corrected chi connectivity index (χ1v) is 9.14. The molecule has 2 rings (SSSR count). The second-order valence-corrected chi connectivity index (χ2v) is 6.65. The highest BCUT2D eigenvalue weighted by molar-refractivity contribution is 6.30. The predicted octanol–water partition coefficient (Wildman–Crippen LogP) is 3.48. The average molecular weight is 427 g/mol. The van der Waals surface area contributed by atoms with Crippen LogP contribution in [0.4, 0.5) is 13.2 Å². The summed E-state index contributed by atoms with van der Waals surface area (Å²) in [4.78, 5) is 28.9. The zero-order chi connectivity index (χ0) is 21.4. The highest BCUT2D eigenvalue weighted by Crippen LogP contribution is 2.23. The summed E-state index contributed by atoms with van der Waals surface area (Å²) in [6.07, 6.45) is -5.64. The minimum absolute atomic E-state index is 0.0853. The van der Waals surface area contributed by atoms with Gasteiger partial charge in [0.05, 0.1) is 18.2 Å². The van der Waals surface area contributed by atoms with Crippen LogP contribution in [0, 0.1) is 11.3 Å². The number of aromatic nitrogens is 2. The lowest BCUT2D eigenvalue weighted by Crippen LogP contribution is -2.35. The van der Waals surface area contributed by atoms with Crippen molar-refractivity contribution < 1.29 is 18.0 Å². The van der Waals surface area contributed by atoms with Crippen molar-refractivity contribution in [2.24, 2.45) is 0 Å². The monoisotopic (exact) mass is 426 g/mol. The SMILES string of the molecule is N#CCCNC(=O)Cn1c(CCCC(F)(F)F)nc(-c2ccc(Cl)cc2)cc1=O. The number of nitriles is 1. The van der Waals surface area contributed by atoms with E-state index in [9.17, 15) is 22.8 Å². The van der Waals surface area contributed by atoms with Crippen molar-refractivity contribution in [3.8, 4) is 17.3 Å². The minimum Gasteiger partial charge on any atom is -0.354 e. The maximum atomic E-state index is 12.6. The van der Waals surface area contributed by atoms with Crippen LogP contribution in [0.5, 0.6) is 0 Å². The molecule has 154 valence electrons. The fourth-order valence-electron chi connectivity index (χ4n) is 2.59. The number of nitrogens with one attached hydrogen (secondary N) is 1. The predicted molar refractivity (Wildman–Crippen MR) is 101 cm³/mol. The Morgan fingerprint density at radius 3 is 2.59 bits per heavy atom. The first kappa shape index (κ1) is 22.4. The molecule has 1 amide bonds. The standard InChI is InChI=1S/C19H18ClF3N4O2/c20-14-6-4-13(5-7-14)15-11-18(29)27(12-17(28)25-10-2-9-24)16(26-15)3-1-8-19(21,22)23/h4-7,11H,1-3,8,10,12H2,(H,25,28). The Labute approximate surface area is 169 Å². The van der Waals surface area contributed by atoms with Gasteiger partial charge in [0.25, 0.3) is 5.56 Å². The van der Waals surface area contributed by atoms with Crippen LogP contribution in [0.2, 0.25) is 5.02 Å². The van der Waals surface area contributed by atoms with Gasteiger partial charge in [-0.3, -0.25) is 14.2 Å². The van der Waals surface area contributed by atoms with Crippen LogP contribution in [-0.2, 0) is 17.8 Å². The van der Waals surface area contributed by atoms with Gasteiger partial charge in [-0.1, -0.05) is 23.7 Å². The molecule has 0 fully saturated rings. The van der Waals surface area contributed by atoms with E-state index < -0.39 is 24.1 Å². The number of carbonyl (C=O) groups excluding carboxylic acids is 1. The van der Waals surface area contributed by atoms with Gasteiger partial charge in [-0.15, -0.1) is 0 Å². The number of hydrogen-bond donors (Lipinski definition) is 1. The molecule has 10 heteroatoms. The fraction of sp³-hybridized carbons (Fsp3) is 0.368. The van der Waals surface area contributed by atoms with Gasteiger partial charge in [-0.2, -0.15) is 18.4 Å². The van der Waals surface area contributed by atoms with Crippen molar-refractivity contribution in [1.29, 1.82) is 5.26 Å². The van der Waals surface area contributed by atoms with Crippen LogP contribution in [-0.4, -0.2) is 28.2 Å². The van der Waals surface area contributed by atoms with Gasteiger partial charge in [-0.05, 0) is 18.6 Å². The first-order valence-electron chi connectivity index (χ1n) is 8.76. The number of amides is 1. The van der Waals surface area contributed by atoms with Crippen molar-refractivity contribution in [2.75, 3.05) is 6.54 Å². The van der Waals surface area contributed by atoms with E-state index in [4.69, 9.17) is 16.9 Å². The molecule has 0 atom stereocenters. The molecule has 1 N–H and O–H groups in total. The number of hydrogen-bond acceptors (Lipinski definition) is 4. The van der Waals surface area contributed by atoms with Crippen LogP contribution in [0.1, 0.15) is 25.1 Å². The molecule has 0 saturated carbocycles. The van der Waals surface area contributed by atoms with Crippen molar-refractivity contribution in [3.05, 3.63) is 51.5 Å². The molecule has 0 bridgehead atoms. The van der Waals surface area contributed by atoms with Gasteiger partial charge in [0.2, 0.25) is 5.91 Å². The van der Waals surface area contributed by atoms with E-state index in [0.29, 0.717) is 10.6 Å². The first-order chi connectivity index (χ1) is 13.7. The van der Waals surface area contributed by atoms with Gasteiger partial charge < -0.3 is 5.32 Å². The summed E-state index contributed by atoms with van der Waals surface area (Å²) in [5.74, 6) is -0.442. The van der Waals surface area contributed by atoms with Crippen molar-refractivity contribution in [3.63, 3.8) is 0 Å². The minimum atomic E-state index is -4.33. The summed E-state index contributed by atoms with van der Waals surface area (Å²) in [6, 6.07) is 9.59. The molecule has 2 aromatic rings. The fourth-order valence-corrected chi connectivity index (χ4v) is 2.71. The molecule has 1 aromatic heterocycles. The Morgan fingerprint density at radius 1 is 1.28 bits per heavy atom. The Balaban J connectivity index is 2.32. The van der Waals surface area contributed by atoms with Crippen LogP contribution in [0.25, 0.3) is 11.3 Å². The smallest absolute Gasteiger partial charge is 0.354 e. The lowest BCUT2D eigenvalue weighted by atomic mass is 10.1. The molecule has 1 heterocycles. The van der Waals surface area contributed by atoms with Gasteiger partial charge in [0, 0.05) is 36.0 Å². The lowest BCUT2D eigenvalue weighted by Gasteiger charge is -2.14. The van der Waals surface area contributed by atoms with Gasteiger partial charge in [-0.25, -0.2) is 4.98 Å². The maximum absolute atomic E-state index is 12.6. The van der Waals surface area contributed by atoms with E-state index >= 15 is 0 Å². The summed E-state index contributed by atoms with van der Waals surface area (Å²) >= 11 is 5.85. The number of benzene rings is 1. The quantitative estimate of drug-likeness (QED) is 0.654. The van der Waals surface area contributed by atoms with Gasteiger partial charge in [0.15, 0.2) is 0 Å². The zero-order valence-corrected chi connectivity index (χ0v) is 16.1. The zero-order valence-electron chi connectivity index (χ0n) is 15.3. The molecule has 0 aliphatic carbocycles. The van der Waals surface area contributed by atoms with Crippen LogP contribution in [0.3, 0.4) is 0 Å². The van der Waals surface area contributed by atoms with Crippen molar-refractivity contribution in [2.45, 2.75) is 38.4 Å². The second kappa shape index (κ2) is 10.1. The molecule has 0 aliphatic heterocycles. The summed E-state index contributed by atoms with van der Waals surface area (Å²) in [5.41, 5.74) is 0.311. The largest absolute Gasteiger partial charge is 0.389 e. The molecule has 0 spiro atoms. The van der Waals surface area contributed by atoms with Gasteiger partial charge in [0.1, 0.15) is 12.4 Å². The third kappa shape index (κ3) is 7.23. The summed E-state index contributed by atoms with van der Waals surface area (Å²) in [7, 11) is 0. The molecular formula is C19H18ClF3N4O2. The molecule has 6 nitrogen and oxygen atoms in total. The van der Waals surface area contributed by atoms with E-state index in [1.54, 1.807) is 24.3 Å². The summed E-state index contributed by atoms with van der Waals surface area (Å²) in [5, 5.41) is 11.5. The molecule has 0 radical (unpaired) electrons. The molecule has 0 unspecified atom stereocenters. The van der Waals surface area contributed by atoms with E-state index in [-0.39, 0.29) is 43.9 Å². The Kier molecular flexibility index (Phi) is 7.79. The lowest BCUT2D eigenvalue weighted by molar-refractivity contribution is -0.135. The van der Waals surface area contributed by atoms with E-state index in [1.165, 1.54) is 6.07 Å². The number of carbonyl (C=O) groups is 1. The highest BCUT2D eigenvalue weighted by Gasteiger charge is 2.26. The normalized spacial score (nSPS) is 11.1. The third-order valence-corrected chi connectivity index (χ3v) is 4.20. The van der Waals surface area contributed by atoms with Crippen molar-refractivity contribution >= 4 is 17.5 Å². The molecule has 29 heavy (non-hydrogen) atoms. The number of alkyl halides is 3. The van der Waals surface area contributed by atoms with E-state index in [0.717, 1.165) is 4.57 Å².